The Morgan fingerprint density at radius 1 is 1.22 bits per heavy atom. The van der Waals surface area contributed by atoms with E-state index in [1.165, 1.54) is 17.2 Å². The van der Waals surface area contributed by atoms with Crippen molar-refractivity contribution >= 4 is 13.3 Å². The van der Waals surface area contributed by atoms with Gasteiger partial charge in [-0.2, -0.15) is 0 Å². The summed E-state index contributed by atoms with van der Waals surface area (Å²) in [7, 11) is 0.328. The van der Waals surface area contributed by atoms with Crippen LogP contribution in [0.1, 0.15) is 25.3 Å². The SMILES string of the molecule is CCCC=C=C(c1ccc(OC)cc1)[Si](C)(C)C. The molecule has 0 bridgehead atoms. The number of allylic oxidation sites excluding steroid dienone is 1. The quantitative estimate of drug-likeness (QED) is 0.540. The van der Waals surface area contributed by atoms with Crippen LogP contribution in [0.25, 0.3) is 5.20 Å². The van der Waals surface area contributed by atoms with E-state index in [-0.39, 0.29) is 0 Å². The first-order valence-corrected chi connectivity index (χ1v) is 10.1. The molecule has 0 aliphatic carbocycles. The summed E-state index contributed by atoms with van der Waals surface area (Å²) in [5.74, 6) is 0.909. The molecular formula is C16H24OSi. The summed E-state index contributed by atoms with van der Waals surface area (Å²) < 4.78 is 5.21. The first kappa shape index (κ1) is 14.8. The van der Waals surface area contributed by atoms with E-state index in [0.29, 0.717) is 0 Å². The van der Waals surface area contributed by atoms with E-state index in [0.717, 1.165) is 12.2 Å². The largest absolute Gasteiger partial charge is 0.497 e. The van der Waals surface area contributed by atoms with Gasteiger partial charge in [0.25, 0.3) is 0 Å². The van der Waals surface area contributed by atoms with E-state index in [4.69, 9.17) is 4.74 Å². The van der Waals surface area contributed by atoms with Crippen LogP contribution in [0.4, 0.5) is 0 Å². The average Bonchev–Trinajstić information content (AvgIpc) is 2.33. The second-order valence-electron chi connectivity index (χ2n) is 5.49. The maximum atomic E-state index is 5.21. The predicted octanol–water partition coefficient (Wildman–Crippen LogP) is 4.91. The van der Waals surface area contributed by atoms with E-state index in [9.17, 15) is 0 Å². The highest BCUT2D eigenvalue weighted by atomic mass is 28.3. The van der Waals surface area contributed by atoms with Crippen LogP contribution in [0.15, 0.2) is 36.1 Å². The molecule has 0 aromatic heterocycles. The Labute approximate surface area is 112 Å². The lowest BCUT2D eigenvalue weighted by molar-refractivity contribution is 0.415. The summed E-state index contributed by atoms with van der Waals surface area (Å²) >= 11 is 0. The van der Waals surface area contributed by atoms with Gasteiger partial charge in [-0.15, -0.1) is 5.73 Å². The fourth-order valence-electron chi connectivity index (χ4n) is 1.81. The molecular weight excluding hydrogens is 236 g/mol. The highest BCUT2D eigenvalue weighted by molar-refractivity contribution is 6.93. The van der Waals surface area contributed by atoms with Gasteiger partial charge in [0, 0.05) is 0 Å². The molecule has 0 atom stereocenters. The summed E-state index contributed by atoms with van der Waals surface area (Å²) in [6, 6.07) is 8.33. The third kappa shape index (κ3) is 4.21. The van der Waals surface area contributed by atoms with Crippen LogP contribution in [0.2, 0.25) is 19.6 Å². The second-order valence-corrected chi connectivity index (χ2v) is 10.5. The van der Waals surface area contributed by atoms with Gasteiger partial charge in [-0.1, -0.05) is 45.1 Å². The van der Waals surface area contributed by atoms with Crippen molar-refractivity contribution in [2.75, 3.05) is 7.11 Å². The van der Waals surface area contributed by atoms with Crippen LogP contribution in [-0.2, 0) is 0 Å². The highest BCUT2D eigenvalue weighted by Crippen LogP contribution is 2.26. The van der Waals surface area contributed by atoms with Crippen LogP contribution >= 0.6 is 0 Å². The number of benzene rings is 1. The van der Waals surface area contributed by atoms with Gasteiger partial charge in [-0.25, -0.2) is 0 Å². The first-order valence-electron chi connectivity index (χ1n) is 6.59. The normalized spacial score (nSPS) is 10.7. The molecule has 0 saturated heterocycles. The van der Waals surface area contributed by atoms with Gasteiger partial charge in [-0.3, -0.25) is 0 Å². The Morgan fingerprint density at radius 3 is 2.28 bits per heavy atom. The minimum atomic E-state index is -1.37. The summed E-state index contributed by atoms with van der Waals surface area (Å²) in [6.07, 6.45) is 4.45. The van der Waals surface area contributed by atoms with E-state index >= 15 is 0 Å². The minimum absolute atomic E-state index is 0.909. The standard InChI is InChI=1S/C16H24OSi/c1-6-7-8-9-16(18(3,4)5)14-10-12-15(17-2)13-11-14/h8,10-13H,6-7H2,1-5H3. The smallest absolute Gasteiger partial charge is 0.118 e. The molecule has 1 rings (SSSR count). The van der Waals surface area contributed by atoms with Crippen LogP contribution in [0.5, 0.6) is 5.75 Å². The van der Waals surface area contributed by atoms with Crippen molar-refractivity contribution in [3.8, 4) is 5.75 Å². The summed E-state index contributed by atoms with van der Waals surface area (Å²) in [6.45, 7) is 9.28. The third-order valence-electron chi connectivity index (χ3n) is 2.81. The predicted molar refractivity (Wildman–Crippen MR) is 82.7 cm³/mol. The molecule has 18 heavy (non-hydrogen) atoms. The van der Waals surface area contributed by atoms with Crippen molar-refractivity contribution in [1.82, 2.24) is 0 Å². The van der Waals surface area contributed by atoms with Gasteiger partial charge in [0.15, 0.2) is 0 Å². The monoisotopic (exact) mass is 260 g/mol. The lowest BCUT2D eigenvalue weighted by Gasteiger charge is -2.19. The van der Waals surface area contributed by atoms with E-state index in [1.54, 1.807) is 7.11 Å². The molecule has 1 aromatic carbocycles. The molecule has 0 aliphatic heterocycles. The Hall–Kier alpha value is -1.24. The van der Waals surface area contributed by atoms with E-state index < -0.39 is 8.07 Å². The number of hydrogen-bond acceptors (Lipinski definition) is 1. The van der Waals surface area contributed by atoms with Gasteiger partial charge >= 0.3 is 0 Å². The van der Waals surface area contributed by atoms with Crippen molar-refractivity contribution in [3.63, 3.8) is 0 Å². The summed E-state index contributed by atoms with van der Waals surface area (Å²) in [4.78, 5) is 0. The van der Waals surface area contributed by atoms with Gasteiger partial charge in [-0.05, 0) is 35.4 Å². The maximum Gasteiger partial charge on any atom is 0.118 e. The molecule has 1 aromatic rings. The van der Waals surface area contributed by atoms with Crippen molar-refractivity contribution in [3.05, 3.63) is 41.6 Å². The Kier molecular flexibility index (Phi) is 5.45. The molecule has 0 spiro atoms. The number of unbranched alkanes of at least 4 members (excludes halogenated alkanes) is 1. The molecule has 2 heteroatoms. The Bertz CT molecular complexity index is 431. The van der Waals surface area contributed by atoms with Gasteiger partial charge in [0.1, 0.15) is 5.75 Å². The number of rotatable bonds is 5. The topological polar surface area (TPSA) is 9.23 Å². The molecule has 0 aliphatic rings. The lowest BCUT2D eigenvalue weighted by atomic mass is 10.2. The number of ether oxygens (including phenoxy) is 1. The molecule has 0 radical (unpaired) electrons. The minimum Gasteiger partial charge on any atom is -0.497 e. The fraction of sp³-hybridized carbons (Fsp3) is 0.438. The summed E-state index contributed by atoms with van der Waals surface area (Å²) in [5.41, 5.74) is 4.81. The van der Waals surface area contributed by atoms with Gasteiger partial charge in [0.05, 0.1) is 15.2 Å². The molecule has 0 fully saturated rings. The van der Waals surface area contributed by atoms with Crippen LogP contribution in [-0.4, -0.2) is 15.2 Å². The highest BCUT2D eigenvalue weighted by Gasteiger charge is 2.20. The van der Waals surface area contributed by atoms with Crippen LogP contribution in [0, 0.1) is 0 Å². The van der Waals surface area contributed by atoms with Crippen LogP contribution < -0.4 is 4.74 Å². The molecule has 0 amide bonds. The zero-order valence-electron chi connectivity index (χ0n) is 12.2. The maximum absolute atomic E-state index is 5.21. The van der Waals surface area contributed by atoms with E-state index in [2.05, 4.69) is 50.5 Å². The summed E-state index contributed by atoms with van der Waals surface area (Å²) in [5, 5.41) is 1.39. The lowest BCUT2D eigenvalue weighted by Crippen LogP contribution is -2.22. The average molecular weight is 260 g/mol. The van der Waals surface area contributed by atoms with Gasteiger partial charge in [0.2, 0.25) is 0 Å². The Balaban J connectivity index is 3.14. The molecule has 98 valence electrons. The van der Waals surface area contributed by atoms with Crippen molar-refractivity contribution in [1.29, 1.82) is 0 Å². The molecule has 0 N–H and O–H groups in total. The molecule has 0 heterocycles. The molecule has 0 saturated carbocycles. The Morgan fingerprint density at radius 2 is 1.83 bits per heavy atom. The number of hydrogen-bond donors (Lipinski definition) is 0. The van der Waals surface area contributed by atoms with Gasteiger partial charge < -0.3 is 4.74 Å². The number of methoxy groups -OCH3 is 1. The molecule has 0 unspecified atom stereocenters. The van der Waals surface area contributed by atoms with Crippen LogP contribution in [0.3, 0.4) is 0 Å². The van der Waals surface area contributed by atoms with Crippen molar-refractivity contribution < 1.29 is 4.74 Å². The second kappa shape index (κ2) is 6.63. The van der Waals surface area contributed by atoms with Crippen molar-refractivity contribution in [2.24, 2.45) is 0 Å². The molecule has 1 nitrogen and oxygen atoms in total. The zero-order valence-corrected chi connectivity index (χ0v) is 13.2. The fourth-order valence-corrected chi connectivity index (χ4v) is 3.38. The third-order valence-corrected chi connectivity index (χ3v) is 4.74. The first-order chi connectivity index (χ1) is 8.49. The van der Waals surface area contributed by atoms with Crippen molar-refractivity contribution in [2.45, 2.75) is 39.4 Å². The van der Waals surface area contributed by atoms with E-state index in [1.807, 2.05) is 12.1 Å². The zero-order chi connectivity index (χ0) is 13.6.